The predicted octanol–water partition coefficient (Wildman–Crippen LogP) is 5.73. The number of sulfonamides is 2. The average Bonchev–Trinajstić information content (AvgIpc) is 3.14. The summed E-state index contributed by atoms with van der Waals surface area (Å²) in [5.41, 5.74) is 5.82. The minimum absolute atomic E-state index is 0.0530. The molecular formula is C29H26N2O5S2. The van der Waals surface area contributed by atoms with Gasteiger partial charge in [-0.15, -0.1) is 0 Å². The summed E-state index contributed by atoms with van der Waals surface area (Å²) in [7, 11) is -7.93. The van der Waals surface area contributed by atoms with Crippen LogP contribution >= 0.6 is 0 Å². The van der Waals surface area contributed by atoms with Crippen LogP contribution in [0.2, 0.25) is 0 Å². The van der Waals surface area contributed by atoms with E-state index in [0.717, 1.165) is 22.3 Å². The molecule has 0 aliphatic heterocycles. The van der Waals surface area contributed by atoms with Crippen molar-refractivity contribution in [3.05, 3.63) is 106 Å². The van der Waals surface area contributed by atoms with E-state index < -0.39 is 25.8 Å². The highest BCUT2D eigenvalue weighted by Crippen LogP contribution is 2.39. The van der Waals surface area contributed by atoms with Gasteiger partial charge in [0, 0.05) is 11.1 Å². The van der Waals surface area contributed by atoms with E-state index in [1.54, 1.807) is 38.1 Å². The van der Waals surface area contributed by atoms with Gasteiger partial charge in [0.05, 0.1) is 21.2 Å². The van der Waals surface area contributed by atoms with E-state index >= 15 is 0 Å². The molecule has 0 spiro atoms. The van der Waals surface area contributed by atoms with Crippen molar-refractivity contribution in [2.75, 3.05) is 9.44 Å². The summed E-state index contributed by atoms with van der Waals surface area (Å²) in [6.45, 7) is 7.35. The number of carbonyl (C=O) groups is 1. The second kappa shape index (κ2) is 9.11. The van der Waals surface area contributed by atoms with Crippen LogP contribution in [0, 0.1) is 27.7 Å². The van der Waals surface area contributed by atoms with E-state index in [1.165, 1.54) is 24.3 Å². The first-order chi connectivity index (χ1) is 17.9. The Morgan fingerprint density at radius 2 is 0.895 bits per heavy atom. The Labute approximate surface area is 222 Å². The largest absolute Gasteiger partial charge is 0.289 e. The number of carbonyl (C=O) groups excluding carboxylic acids is 1. The van der Waals surface area contributed by atoms with E-state index in [1.807, 2.05) is 38.1 Å². The second-order valence-corrected chi connectivity index (χ2v) is 13.0. The van der Waals surface area contributed by atoms with Crippen LogP contribution in [0.15, 0.2) is 82.6 Å². The standard InChI is InChI=1S/C29H26N2O5S2/c1-17-5-7-19(3)27(13-17)30-37(33,34)21-9-11-23-24-12-10-22(16-26(24)29(32)25(23)15-21)38(35,36)31-28-14-18(2)6-8-20(28)4/h5-16,30-31H,1-4H3. The molecular weight excluding hydrogens is 520 g/mol. The van der Waals surface area contributed by atoms with Crippen LogP contribution in [0.4, 0.5) is 11.4 Å². The van der Waals surface area contributed by atoms with Crippen molar-refractivity contribution in [1.82, 2.24) is 0 Å². The minimum atomic E-state index is -3.97. The van der Waals surface area contributed by atoms with E-state index in [2.05, 4.69) is 9.44 Å². The third-order valence-electron chi connectivity index (χ3n) is 6.66. The predicted molar refractivity (Wildman–Crippen MR) is 149 cm³/mol. The molecule has 0 aromatic heterocycles. The van der Waals surface area contributed by atoms with Crippen LogP contribution in [0.25, 0.3) is 11.1 Å². The van der Waals surface area contributed by atoms with E-state index in [9.17, 15) is 21.6 Å². The van der Waals surface area contributed by atoms with Crippen molar-refractivity contribution < 1.29 is 21.6 Å². The van der Waals surface area contributed by atoms with Crippen molar-refractivity contribution in [3.8, 4) is 11.1 Å². The number of rotatable bonds is 6. The van der Waals surface area contributed by atoms with Crippen LogP contribution in [0.5, 0.6) is 0 Å². The molecule has 5 rings (SSSR count). The summed E-state index contributed by atoms with van der Waals surface area (Å²) >= 11 is 0. The first-order valence-electron chi connectivity index (χ1n) is 11.9. The highest BCUT2D eigenvalue weighted by molar-refractivity contribution is 7.93. The summed E-state index contributed by atoms with van der Waals surface area (Å²) in [6, 6.07) is 19.7. The van der Waals surface area contributed by atoms with Crippen LogP contribution in [-0.4, -0.2) is 22.6 Å². The summed E-state index contributed by atoms with van der Waals surface area (Å²) < 4.78 is 57.8. The maximum absolute atomic E-state index is 13.3. The Balaban J connectivity index is 1.47. The van der Waals surface area contributed by atoms with Gasteiger partial charge in [-0.2, -0.15) is 0 Å². The van der Waals surface area contributed by atoms with Gasteiger partial charge in [-0.3, -0.25) is 14.2 Å². The number of hydrogen-bond acceptors (Lipinski definition) is 5. The van der Waals surface area contributed by atoms with Gasteiger partial charge in [-0.1, -0.05) is 36.4 Å². The quantitative estimate of drug-likeness (QED) is 0.283. The molecule has 0 fully saturated rings. The van der Waals surface area contributed by atoms with Crippen molar-refractivity contribution in [1.29, 1.82) is 0 Å². The molecule has 7 nitrogen and oxygen atoms in total. The average molecular weight is 547 g/mol. The maximum Gasteiger partial charge on any atom is 0.261 e. The van der Waals surface area contributed by atoms with Gasteiger partial charge in [0.1, 0.15) is 0 Å². The molecule has 0 amide bonds. The second-order valence-electron chi connectivity index (χ2n) is 9.59. The van der Waals surface area contributed by atoms with E-state index in [-0.39, 0.29) is 20.9 Å². The molecule has 4 aromatic rings. The zero-order valence-corrected chi connectivity index (χ0v) is 22.9. The summed E-state index contributed by atoms with van der Waals surface area (Å²) in [5.74, 6) is -0.428. The number of ketones is 1. The fourth-order valence-electron chi connectivity index (χ4n) is 4.47. The fraction of sp³-hybridized carbons (Fsp3) is 0.138. The Morgan fingerprint density at radius 3 is 1.29 bits per heavy atom. The number of benzene rings is 4. The normalized spacial score (nSPS) is 12.7. The highest BCUT2D eigenvalue weighted by Gasteiger charge is 2.30. The molecule has 0 radical (unpaired) electrons. The van der Waals surface area contributed by atoms with Crippen LogP contribution in [-0.2, 0) is 20.0 Å². The molecule has 0 saturated carbocycles. The molecule has 0 bridgehead atoms. The first kappa shape index (κ1) is 25.7. The number of fused-ring (bicyclic) bond motifs is 3. The third kappa shape index (κ3) is 4.59. The molecule has 4 aromatic carbocycles. The van der Waals surface area contributed by atoms with Gasteiger partial charge >= 0.3 is 0 Å². The molecule has 0 saturated heterocycles. The molecule has 2 N–H and O–H groups in total. The Morgan fingerprint density at radius 1 is 0.500 bits per heavy atom. The van der Waals surface area contributed by atoms with Gasteiger partial charge in [-0.05, 0) is 97.5 Å². The van der Waals surface area contributed by atoms with Gasteiger partial charge in [0.2, 0.25) is 0 Å². The Kier molecular flexibility index (Phi) is 6.16. The molecule has 1 aliphatic rings. The van der Waals surface area contributed by atoms with E-state index in [0.29, 0.717) is 22.5 Å². The van der Waals surface area contributed by atoms with Crippen LogP contribution in [0.1, 0.15) is 38.2 Å². The fourth-order valence-corrected chi connectivity index (χ4v) is 6.77. The van der Waals surface area contributed by atoms with Crippen molar-refractivity contribution >= 4 is 37.2 Å². The molecule has 1 aliphatic carbocycles. The summed E-state index contributed by atoms with van der Waals surface area (Å²) in [5, 5.41) is 0. The molecule has 9 heteroatoms. The molecule has 194 valence electrons. The monoisotopic (exact) mass is 546 g/mol. The first-order valence-corrected chi connectivity index (χ1v) is 14.9. The van der Waals surface area contributed by atoms with E-state index in [4.69, 9.17) is 0 Å². The zero-order chi connectivity index (χ0) is 27.4. The van der Waals surface area contributed by atoms with Gasteiger partial charge in [0.25, 0.3) is 20.0 Å². The Hall–Kier alpha value is -3.95. The third-order valence-corrected chi connectivity index (χ3v) is 9.38. The van der Waals surface area contributed by atoms with Gasteiger partial charge in [-0.25, -0.2) is 16.8 Å². The molecule has 0 heterocycles. The lowest BCUT2D eigenvalue weighted by atomic mass is 10.1. The number of hydrogen-bond donors (Lipinski definition) is 2. The molecule has 0 unspecified atom stereocenters. The van der Waals surface area contributed by atoms with Crippen molar-refractivity contribution in [2.45, 2.75) is 37.5 Å². The van der Waals surface area contributed by atoms with Gasteiger partial charge in [0.15, 0.2) is 5.78 Å². The Bertz CT molecular complexity index is 1730. The SMILES string of the molecule is Cc1ccc(C)c(NS(=O)(=O)c2ccc3c(c2)C(=O)c2cc(S(=O)(=O)Nc4cc(C)ccc4C)ccc2-3)c1. The highest BCUT2D eigenvalue weighted by atomic mass is 32.2. The van der Waals surface area contributed by atoms with Gasteiger partial charge < -0.3 is 0 Å². The smallest absolute Gasteiger partial charge is 0.261 e. The lowest BCUT2D eigenvalue weighted by Crippen LogP contribution is -2.15. The number of nitrogens with one attached hydrogen (secondary N) is 2. The lowest BCUT2D eigenvalue weighted by molar-refractivity contribution is 0.104. The number of anilines is 2. The van der Waals surface area contributed by atoms with Crippen molar-refractivity contribution in [3.63, 3.8) is 0 Å². The van der Waals surface area contributed by atoms with Crippen LogP contribution in [0.3, 0.4) is 0 Å². The zero-order valence-electron chi connectivity index (χ0n) is 21.3. The lowest BCUT2D eigenvalue weighted by Gasteiger charge is -2.12. The van der Waals surface area contributed by atoms with Crippen molar-refractivity contribution in [2.24, 2.45) is 0 Å². The summed E-state index contributed by atoms with van der Waals surface area (Å²) in [6.07, 6.45) is 0. The topological polar surface area (TPSA) is 109 Å². The maximum atomic E-state index is 13.3. The number of aryl methyl sites for hydroxylation is 4. The summed E-state index contributed by atoms with van der Waals surface area (Å²) in [4.78, 5) is 13.2. The minimum Gasteiger partial charge on any atom is -0.289 e. The molecule has 38 heavy (non-hydrogen) atoms. The molecule has 0 atom stereocenters. The van der Waals surface area contributed by atoms with Crippen LogP contribution < -0.4 is 9.44 Å².